The third-order valence-corrected chi connectivity index (χ3v) is 6.43. The van der Waals surface area contributed by atoms with Gasteiger partial charge in [-0.05, 0) is 51.3 Å². The number of nitriles is 2. The fourth-order valence-corrected chi connectivity index (χ4v) is 3.91. The number of hydrogen-bond donors (Lipinski definition) is 1. The molecule has 0 saturated carbocycles. The van der Waals surface area contributed by atoms with Gasteiger partial charge in [-0.3, -0.25) is 0 Å². The maximum absolute atomic E-state index is 12.6. The summed E-state index contributed by atoms with van der Waals surface area (Å²) in [5.74, 6) is 0. The number of rotatable bonds is 5. The Morgan fingerprint density at radius 3 is 2.40 bits per heavy atom. The van der Waals surface area contributed by atoms with Crippen molar-refractivity contribution in [2.24, 2.45) is 0 Å². The van der Waals surface area contributed by atoms with Crippen molar-refractivity contribution in [3.05, 3.63) is 30.0 Å². The van der Waals surface area contributed by atoms with Gasteiger partial charge in [0.25, 0.3) is 0 Å². The van der Waals surface area contributed by atoms with E-state index in [-0.39, 0.29) is 10.5 Å². The molecule has 1 saturated heterocycles. The molecule has 1 aliphatic heterocycles. The third kappa shape index (κ3) is 4.32. The Bertz CT molecular complexity index is 823. The Labute approximate surface area is 149 Å². The molecule has 6 nitrogen and oxygen atoms in total. The van der Waals surface area contributed by atoms with Crippen molar-refractivity contribution in [3.63, 3.8) is 0 Å². The molecule has 0 bridgehead atoms. The molecule has 0 atom stereocenters. The summed E-state index contributed by atoms with van der Waals surface area (Å²) >= 11 is 0. The second-order valence-electron chi connectivity index (χ2n) is 6.25. The van der Waals surface area contributed by atoms with Crippen LogP contribution in [0.4, 0.5) is 11.4 Å². The van der Waals surface area contributed by atoms with Gasteiger partial charge < -0.3 is 10.2 Å². The number of hydrogen-bond acceptors (Lipinski definition) is 6. The minimum absolute atomic E-state index is 0.115. The molecule has 2 rings (SSSR count). The van der Waals surface area contributed by atoms with E-state index in [1.807, 2.05) is 6.07 Å². The van der Waals surface area contributed by atoms with Crippen LogP contribution < -0.4 is 10.2 Å². The first kappa shape index (κ1) is 18.8. The maximum Gasteiger partial charge on any atom is 0.182 e. The summed E-state index contributed by atoms with van der Waals surface area (Å²) < 4.78 is 25.2. The normalized spacial score (nSPS) is 14.5. The summed E-state index contributed by atoms with van der Waals surface area (Å²) in [6, 6.07) is 8.73. The van der Waals surface area contributed by atoms with Crippen LogP contribution in [0.1, 0.15) is 33.1 Å². The van der Waals surface area contributed by atoms with E-state index in [0.717, 1.165) is 31.6 Å². The number of anilines is 2. The zero-order chi connectivity index (χ0) is 18.4. The van der Waals surface area contributed by atoms with Gasteiger partial charge in [-0.1, -0.05) is 0 Å². The Hall–Kier alpha value is -2.51. The largest absolute Gasteiger partial charge is 0.371 e. The van der Waals surface area contributed by atoms with E-state index in [2.05, 4.69) is 10.2 Å². The molecule has 0 amide bonds. The van der Waals surface area contributed by atoms with Crippen LogP contribution in [0.15, 0.2) is 34.9 Å². The first-order valence-corrected chi connectivity index (χ1v) is 9.84. The highest BCUT2D eigenvalue weighted by molar-refractivity contribution is 7.92. The molecule has 1 N–H and O–H groups in total. The molecule has 1 aromatic carbocycles. The molecule has 0 radical (unpaired) electrons. The zero-order valence-corrected chi connectivity index (χ0v) is 15.3. The summed E-state index contributed by atoms with van der Waals surface area (Å²) in [5, 5.41) is 20.0. The Kier molecular flexibility index (Phi) is 6.06. The van der Waals surface area contributed by atoms with Crippen molar-refractivity contribution in [2.75, 3.05) is 23.3 Å². The molecule has 132 valence electrons. The fourth-order valence-electron chi connectivity index (χ4n) is 2.72. The maximum atomic E-state index is 12.6. The van der Waals surface area contributed by atoms with E-state index in [9.17, 15) is 8.42 Å². The van der Waals surface area contributed by atoms with Crippen LogP contribution in [-0.2, 0) is 9.84 Å². The molecule has 0 spiro atoms. The van der Waals surface area contributed by atoms with Crippen LogP contribution in [0.25, 0.3) is 0 Å². The molecular weight excluding hydrogens is 336 g/mol. The molecule has 0 aromatic heterocycles. The average molecular weight is 358 g/mol. The number of benzene rings is 1. The van der Waals surface area contributed by atoms with Crippen molar-refractivity contribution in [2.45, 2.75) is 43.3 Å². The van der Waals surface area contributed by atoms with Crippen LogP contribution >= 0.6 is 0 Å². The van der Waals surface area contributed by atoms with Gasteiger partial charge in [-0.15, -0.1) is 0 Å². The van der Waals surface area contributed by atoms with Crippen molar-refractivity contribution < 1.29 is 8.42 Å². The van der Waals surface area contributed by atoms with Gasteiger partial charge in [-0.2, -0.15) is 10.5 Å². The lowest BCUT2D eigenvalue weighted by molar-refractivity contribution is 0.577. The van der Waals surface area contributed by atoms with Crippen molar-refractivity contribution in [1.29, 1.82) is 10.5 Å². The van der Waals surface area contributed by atoms with Crippen molar-refractivity contribution >= 4 is 21.2 Å². The lowest BCUT2D eigenvalue weighted by Crippen LogP contribution is -2.29. The van der Waals surface area contributed by atoms with Gasteiger partial charge in [0.2, 0.25) is 0 Å². The smallest absolute Gasteiger partial charge is 0.182 e. The summed E-state index contributed by atoms with van der Waals surface area (Å²) in [6.45, 7) is 5.13. The number of nitrogens with zero attached hydrogens (tertiary/aromatic N) is 3. The lowest BCUT2D eigenvalue weighted by atomic mass is 10.1. The summed E-state index contributed by atoms with van der Waals surface area (Å²) in [7, 11) is -3.49. The number of sulfone groups is 1. The monoisotopic (exact) mass is 358 g/mol. The number of allylic oxidation sites excluding steroid dienone is 1. The van der Waals surface area contributed by atoms with Crippen LogP contribution in [0.5, 0.6) is 0 Å². The summed E-state index contributed by atoms with van der Waals surface area (Å²) in [5.41, 5.74) is 1.21. The van der Waals surface area contributed by atoms with Crippen LogP contribution in [0, 0.1) is 22.7 Å². The predicted molar refractivity (Wildman–Crippen MR) is 97.8 cm³/mol. The Balaban J connectivity index is 2.47. The zero-order valence-electron chi connectivity index (χ0n) is 14.5. The van der Waals surface area contributed by atoms with Gasteiger partial charge in [0.1, 0.15) is 17.7 Å². The first-order chi connectivity index (χ1) is 11.9. The van der Waals surface area contributed by atoms with E-state index >= 15 is 0 Å². The SMILES string of the molecule is CC(C)S(=O)(=O)c1ccc(N2CCCCC2)cc1NC=C(C#N)C#N. The lowest BCUT2D eigenvalue weighted by Gasteiger charge is -2.29. The van der Waals surface area contributed by atoms with E-state index in [1.54, 1.807) is 38.1 Å². The van der Waals surface area contributed by atoms with E-state index in [4.69, 9.17) is 10.5 Å². The number of nitrogens with one attached hydrogen (secondary N) is 1. The minimum Gasteiger partial charge on any atom is -0.371 e. The highest BCUT2D eigenvalue weighted by Gasteiger charge is 2.24. The van der Waals surface area contributed by atoms with Crippen LogP contribution in [0.2, 0.25) is 0 Å². The molecule has 1 fully saturated rings. The van der Waals surface area contributed by atoms with Crippen LogP contribution in [-0.4, -0.2) is 26.8 Å². The second kappa shape index (κ2) is 8.04. The molecule has 0 aliphatic carbocycles. The summed E-state index contributed by atoms with van der Waals surface area (Å²) in [6.07, 6.45) is 4.68. The Morgan fingerprint density at radius 2 is 1.84 bits per heavy atom. The highest BCUT2D eigenvalue weighted by Crippen LogP contribution is 2.31. The van der Waals surface area contributed by atoms with Crippen molar-refractivity contribution in [1.82, 2.24) is 0 Å². The average Bonchev–Trinajstić information content (AvgIpc) is 2.63. The van der Waals surface area contributed by atoms with Gasteiger partial charge in [-0.25, -0.2) is 8.42 Å². The highest BCUT2D eigenvalue weighted by atomic mass is 32.2. The first-order valence-electron chi connectivity index (χ1n) is 8.30. The molecule has 1 aromatic rings. The van der Waals surface area contributed by atoms with Gasteiger partial charge >= 0.3 is 0 Å². The quantitative estimate of drug-likeness (QED) is 0.812. The van der Waals surface area contributed by atoms with E-state index < -0.39 is 15.1 Å². The van der Waals surface area contributed by atoms with Gasteiger partial charge in [0, 0.05) is 25.0 Å². The predicted octanol–water partition coefficient (Wildman–Crippen LogP) is 3.20. The molecule has 7 heteroatoms. The fraction of sp³-hybridized carbons (Fsp3) is 0.444. The van der Waals surface area contributed by atoms with E-state index in [0.29, 0.717) is 5.69 Å². The third-order valence-electron chi connectivity index (χ3n) is 4.22. The second-order valence-corrected chi connectivity index (χ2v) is 8.72. The van der Waals surface area contributed by atoms with Gasteiger partial charge in [0.05, 0.1) is 15.8 Å². The molecule has 1 aliphatic rings. The summed E-state index contributed by atoms with van der Waals surface area (Å²) in [4.78, 5) is 2.40. The molecule has 1 heterocycles. The van der Waals surface area contributed by atoms with Crippen LogP contribution in [0.3, 0.4) is 0 Å². The van der Waals surface area contributed by atoms with E-state index in [1.165, 1.54) is 12.6 Å². The minimum atomic E-state index is -3.49. The molecule has 25 heavy (non-hydrogen) atoms. The molecule has 0 unspecified atom stereocenters. The number of piperidine rings is 1. The Morgan fingerprint density at radius 1 is 1.20 bits per heavy atom. The standard InChI is InChI=1S/C18H22N4O2S/c1-14(2)25(23,24)18-7-6-16(22-8-4-3-5-9-22)10-17(18)21-13-15(11-19)12-20/h6-7,10,13-14,21H,3-5,8-9H2,1-2H3. The topological polar surface area (TPSA) is 97.0 Å². The van der Waals surface area contributed by atoms with Crippen molar-refractivity contribution in [3.8, 4) is 12.1 Å². The van der Waals surface area contributed by atoms with Gasteiger partial charge in [0.15, 0.2) is 9.84 Å². The molecular formula is C18H22N4O2S.